The highest BCUT2D eigenvalue weighted by molar-refractivity contribution is 5.79. The first kappa shape index (κ1) is 29.6. The van der Waals surface area contributed by atoms with Crippen LogP contribution in [0.1, 0.15) is 43.7 Å². The van der Waals surface area contributed by atoms with Crippen molar-refractivity contribution in [2.75, 3.05) is 26.2 Å². The third kappa shape index (κ3) is 8.78. The summed E-state index contributed by atoms with van der Waals surface area (Å²) in [5.74, 6) is -0.942. The Kier molecular flexibility index (Phi) is 10.8. The molecule has 9 nitrogen and oxygen atoms in total. The highest BCUT2D eigenvalue weighted by Crippen LogP contribution is 2.33. The van der Waals surface area contributed by atoms with Crippen LogP contribution in [0.2, 0.25) is 0 Å². The molecule has 1 atom stereocenters. The Morgan fingerprint density at radius 3 is 2.44 bits per heavy atom. The van der Waals surface area contributed by atoms with Crippen molar-refractivity contribution < 1.29 is 24.4 Å². The zero-order valence-electron chi connectivity index (χ0n) is 22.4. The molecule has 3 rings (SSSR count). The van der Waals surface area contributed by atoms with Crippen LogP contribution < -0.4 is 0 Å². The van der Waals surface area contributed by atoms with Crippen LogP contribution in [0.5, 0.6) is 0 Å². The smallest absolute Gasteiger partial charge is 0.410 e. The minimum Gasteiger partial charge on any atom is -0.478 e. The van der Waals surface area contributed by atoms with Gasteiger partial charge in [0.25, 0.3) is 5.69 Å². The quantitative estimate of drug-likeness (QED) is 0.155. The molecule has 1 amide bonds. The van der Waals surface area contributed by atoms with Crippen molar-refractivity contribution in [2.45, 2.75) is 50.7 Å². The second kappa shape index (κ2) is 14.2. The van der Waals surface area contributed by atoms with E-state index in [2.05, 4.69) is 30.5 Å². The van der Waals surface area contributed by atoms with Crippen LogP contribution in [0.25, 0.3) is 0 Å². The van der Waals surface area contributed by atoms with E-state index in [4.69, 9.17) is 9.84 Å². The van der Waals surface area contributed by atoms with E-state index in [9.17, 15) is 19.7 Å². The van der Waals surface area contributed by atoms with Crippen molar-refractivity contribution in [1.29, 1.82) is 0 Å². The van der Waals surface area contributed by atoms with Crippen molar-refractivity contribution in [1.82, 2.24) is 9.80 Å². The van der Waals surface area contributed by atoms with Crippen molar-refractivity contribution in [3.63, 3.8) is 0 Å². The first-order valence-electron chi connectivity index (χ1n) is 13.2. The summed E-state index contributed by atoms with van der Waals surface area (Å²) in [5.41, 5.74) is 1.66. The maximum absolute atomic E-state index is 12.9. The number of carboxylic acid groups (broad SMARTS) is 1. The summed E-state index contributed by atoms with van der Waals surface area (Å²) in [5, 5.41) is 19.9. The van der Waals surface area contributed by atoms with Crippen LogP contribution in [0.15, 0.2) is 79.4 Å². The summed E-state index contributed by atoms with van der Waals surface area (Å²) in [6, 6.07) is 16.2. The molecule has 1 saturated heterocycles. The molecule has 1 unspecified atom stereocenters. The van der Waals surface area contributed by atoms with Gasteiger partial charge in [-0.1, -0.05) is 49.4 Å². The first-order chi connectivity index (χ1) is 18.7. The molecule has 208 valence electrons. The Labute approximate surface area is 229 Å². The second-order valence-electron chi connectivity index (χ2n) is 10.1. The molecule has 0 aliphatic carbocycles. The maximum atomic E-state index is 12.9. The van der Waals surface area contributed by atoms with Crippen molar-refractivity contribution in [2.24, 2.45) is 0 Å². The fourth-order valence-corrected chi connectivity index (χ4v) is 4.94. The number of carbonyl (C=O) groups is 2. The van der Waals surface area contributed by atoms with Gasteiger partial charge in [0.1, 0.15) is 6.61 Å². The number of nitrogens with zero attached hydrogens (tertiary/aromatic N) is 3. The molecule has 0 saturated carbocycles. The molecule has 9 heteroatoms. The number of likely N-dealkylation sites (tertiary alicyclic amines) is 1. The van der Waals surface area contributed by atoms with Gasteiger partial charge in [0.05, 0.1) is 4.92 Å². The summed E-state index contributed by atoms with van der Waals surface area (Å²) >= 11 is 0. The predicted octanol–water partition coefficient (Wildman–Crippen LogP) is 5.56. The first-order valence-corrected chi connectivity index (χ1v) is 13.2. The van der Waals surface area contributed by atoms with Crippen molar-refractivity contribution in [3.8, 4) is 0 Å². The molecule has 0 aromatic heterocycles. The van der Waals surface area contributed by atoms with Crippen LogP contribution in [0, 0.1) is 10.1 Å². The van der Waals surface area contributed by atoms with Gasteiger partial charge >= 0.3 is 12.1 Å². The Morgan fingerprint density at radius 1 is 1.18 bits per heavy atom. The molecule has 0 bridgehead atoms. The minimum atomic E-state index is -0.942. The molecule has 2 aromatic rings. The second-order valence-corrected chi connectivity index (χ2v) is 10.1. The van der Waals surface area contributed by atoms with E-state index in [0.29, 0.717) is 18.5 Å². The number of carboxylic acids is 1. The number of hydrogen-bond donors (Lipinski definition) is 1. The third-order valence-corrected chi connectivity index (χ3v) is 7.35. The van der Waals surface area contributed by atoms with Crippen molar-refractivity contribution in [3.05, 3.63) is 101 Å². The summed E-state index contributed by atoms with van der Waals surface area (Å²) in [6.07, 6.45) is 7.33. The Bertz CT molecular complexity index is 1140. The summed E-state index contributed by atoms with van der Waals surface area (Å²) in [7, 11) is 0. The normalized spacial score (nSPS) is 15.9. The van der Waals surface area contributed by atoms with E-state index in [0.717, 1.165) is 38.9 Å². The molecule has 1 N–H and O–H groups in total. The van der Waals surface area contributed by atoms with Crippen LogP contribution in [-0.4, -0.2) is 64.1 Å². The number of nitro groups is 1. The minimum absolute atomic E-state index is 0.00840. The van der Waals surface area contributed by atoms with E-state index in [1.165, 1.54) is 23.8 Å². The lowest BCUT2D eigenvalue weighted by atomic mass is 9.76. The zero-order valence-corrected chi connectivity index (χ0v) is 22.4. The van der Waals surface area contributed by atoms with Crippen LogP contribution in [-0.2, 0) is 21.6 Å². The number of allylic oxidation sites excluding steroid dienone is 1. The standard InChI is InChI=1S/C30H37N3O6/c1-3-19-32(29(36)39-23-24-11-13-27(14-12-24)33(37)38)26-15-20-31(21-16-26)22-18-30(2,17-7-10-28(34)35)25-8-5-4-6-9-25/h3-14,26H,1,15-23H2,2H3,(H,34,35)/b10-7+. The lowest BCUT2D eigenvalue weighted by molar-refractivity contribution is -0.384. The van der Waals surface area contributed by atoms with E-state index in [1.54, 1.807) is 29.2 Å². The number of hydrogen-bond acceptors (Lipinski definition) is 6. The fraction of sp³-hybridized carbons (Fsp3) is 0.400. The lowest BCUT2D eigenvalue weighted by Gasteiger charge is -2.39. The number of rotatable bonds is 13. The van der Waals surface area contributed by atoms with E-state index >= 15 is 0 Å². The van der Waals surface area contributed by atoms with Gasteiger partial charge in [0.2, 0.25) is 0 Å². The molecular formula is C30H37N3O6. The Balaban J connectivity index is 1.54. The monoisotopic (exact) mass is 535 g/mol. The third-order valence-electron chi connectivity index (χ3n) is 7.35. The van der Waals surface area contributed by atoms with Gasteiger partial charge in [-0.05, 0) is 60.9 Å². The number of piperidine rings is 1. The Morgan fingerprint density at radius 2 is 1.85 bits per heavy atom. The average Bonchev–Trinajstić information content (AvgIpc) is 2.94. The number of nitro benzene ring substituents is 1. The van der Waals surface area contributed by atoms with Gasteiger partial charge in [-0.15, -0.1) is 6.58 Å². The fourth-order valence-electron chi connectivity index (χ4n) is 4.94. The number of ether oxygens (including phenoxy) is 1. The molecule has 1 heterocycles. The SMILES string of the molecule is C=CCN(C(=O)OCc1ccc([N+](=O)[O-])cc1)C1CCN(CCC(C)(C/C=C/C(=O)O)c2ccccc2)CC1. The molecule has 39 heavy (non-hydrogen) atoms. The van der Waals surface area contributed by atoms with Gasteiger partial charge in [0, 0.05) is 43.9 Å². The number of amides is 1. The molecular weight excluding hydrogens is 498 g/mol. The number of benzene rings is 2. The Hall–Kier alpha value is -3.98. The molecule has 0 radical (unpaired) electrons. The van der Waals surface area contributed by atoms with E-state index < -0.39 is 17.0 Å². The molecule has 1 aliphatic heterocycles. The molecule has 0 spiro atoms. The summed E-state index contributed by atoms with van der Waals surface area (Å²) in [4.78, 5) is 38.4. The van der Waals surface area contributed by atoms with Crippen LogP contribution in [0.4, 0.5) is 10.5 Å². The van der Waals surface area contributed by atoms with Gasteiger partial charge in [-0.25, -0.2) is 9.59 Å². The van der Waals surface area contributed by atoms with Crippen molar-refractivity contribution >= 4 is 17.7 Å². The molecule has 1 fully saturated rings. The highest BCUT2D eigenvalue weighted by atomic mass is 16.6. The van der Waals surface area contributed by atoms with Crippen LogP contribution >= 0.6 is 0 Å². The maximum Gasteiger partial charge on any atom is 0.410 e. The number of carbonyl (C=O) groups excluding carboxylic acids is 1. The van der Waals surface area contributed by atoms with Crippen LogP contribution in [0.3, 0.4) is 0 Å². The number of non-ortho nitro benzene ring substituents is 1. The lowest BCUT2D eigenvalue weighted by Crippen LogP contribution is -2.48. The largest absolute Gasteiger partial charge is 0.478 e. The predicted molar refractivity (Wildman–Crippen MR) is 149 cm³/mol. The summed E-state index contributed by atoms with van der Waals surface area (Å²) in [6.45, 7) is 8.93. The van der Waals surface area contributed by atoms with E-state index in [1.807, 2.05) is 18.2 Å². The van der Waals surface area contributed by atoms with Gasteiger partial charge in [-0.3, -0.25) is 10.1 Å². The zero-order chi connectivity index (χ0) is 28.3. The summed E-state index contributed by atoms with van der Waals surface area (Å²) < 4.78 is 5.53. The average molecular weight is 536 g/mol. The highest BCUT2D eigenvalue weighted by Gasteiger charge is 2.30. The topological polar surface area (TPSA) is 113 Å². The van der Waals surface area contributed by atoms with Gasteiger partial charge in [0.15, 0.2) is 0 Å². The van der Waals surface area contributed by atoms with E-state index in [-0.39, 0.29) is 23.8 Å². The number of aliphatic carboxylic acids is 1. The van der Waals surface area contributed by atoms with Gasteiger partial charge in [-0.2, -0.15) is 0 Å². The molecule has 2 aromatic carbocycles. The molecule has 1 aliphatic rings. The van der Waals surface area contributed by atoms with Gasteiger partial charge < -0.3 is 19.6 Å².